The van der Waals surface area contributed by atoms with Crippen molar-refractivity contribution in [2.75, 3.05) is 38.5 Å². The first kappa shape index (κ1) is 14.5. The molecule has 6 heteroatoms. The lowest BCUT2D eigenvalue weighted by Gasteiger charge is -2.20. The van der Waals surface area contributed by atoms with Gasteiger partial charge in [-0.15, -0.1) is 0 Å². The highest BCUT2D eigenvalue weighted by atomic mass is 16.5. The molecule has 2 N–H and O–H groups in total. The Kier molecular flexibility index (Phi) is 6.21. The molecule has 0 radical (unpaired) electrons. The van der Waals surface area contributed by atoms with E-state index in [1.807, 2.05) is 0 Å². The molecule has 0 saturated carbocycles. The van der Waals surface area contributed by atoms with Crippen LogP contribution in [0.15, 0.2) is 6.33 Å². The lowest BCUT2D eigenvalue weighted by Crippen LogP contribution is -2.25. The van der Waals surface area contributed by atoms with Crippen LogP contribution >= 0.6 is 0 Å². The summed E-state index contributed by atoms with van der Waals surface area (Å²) in [6, 6.07) is 0.216. The van der Waals surface area contributed by atoms with Crippen molar-refractivity contribution in [3.63, 3.8) is 0 Å². The number of methoxy groups -OCH3 is 2. The summed E-state index contributed by atoms with van der Waals surface area (Å²) in [5, 5.41) is 6.31. The molecule has 0 aromatic carbocycles. The van der Waals surface area contributed by atoms with Crippen LogP contribution in [0.1, 0.15) is 19.8 Å². The number of aromatic nitrogens is 2. The smallest absolute Gasteiger partial charge is 0.204 e. The van der Waals surface area contributed by atoms with Crippen molar-refractivity contribution < 1.29 is 9.47 Å². The van der Waals surface area contributed by atoms with E-state index in [1.54, 1.807) is 21.3 Å². The molecule has 1 heterocycles. The molecule has 1 aromatic rings. The summed E-state index contributed by atoms with van der Waals surface area (Å²) in [5.41, 5.74) is 0. The number of rotatable bonds is 8. The van der Waals surface area contributed by atoms with E-state index in [9.17, 15) is 0 Å². The second-order valence-corrected chi connectivity index (χ2v) is 3.94. The molecule has 0 aliphatic carbocycles. The summed E-state index contributed by atoms with van der Waals surface area (Å²) in [4.78, 5) is 8.33. The van der Waals surface area contributed by atoms with E-state index >= 15 is 0 Å². The van der Waals surface area contributed by atoms with Gasteiger partial charge in [0, 0.05) is 14.2 Å². The molecule has 0 spiro atoms. The van der Waals surface area contributed by atoms with Crippen LogP contribution in [0.5, 0.6) is 5.75 Å². The monoisotopic (exact) mass is 254 g/mol. The maximum Gasteiger partial charge on any atom is 0.204 e. The van der Waals surface area contributed by atoms with E-state index < -0.39 is 0 Å². The number of anilines is 2. The van der Waals surface area contributed by atoms with E-state index in [0.717, 1.165) is 12.8 Å². The van der Waals surface area contributed by atoms with Gasteiger partial charge in [0.15, 0.2) is 11.6 Å². The summed E-state index contributed by atoms with van der Waals surface area (Å²) < 4.78 is 10.5. The SMILES string of the molecule is CCCC(COC)Nc1ncnc(NC)c1OC. The summed E-state index contributed by atoms with van der Waals surface area (Å²) in [6.45, 7) is 2.77. The number of nitrogens with zero attached hydrogens (tertiary/aromatic N) is 2. The van der Waals surface area contributed by atoms with Crippen molar-refractivity contribution in [1.29, 1.82) is 0 Å². The van der Waals surface area contributed by atoms with Gasteiger partial charge in [0.2, 0.25) is 5.75 Å². The Hall–Kier alpha value is -1.56. The molecule has 1 rings (SSSR count). The molecule has 0 saturated heterocycles. The van der Waals surface area contributed by atoms with Crippen LogP contribution in [-0.4, -0.2) is 43.9 Å². The lowest BCUT2D eigenvalue weighted by atomic mass is 10.2. The highest BCUT2D eigenvalue weighted by Crippen LogP contribution is 2.29. The minimum Gasteiger partial charge on any atom is -0.490 e. The fourth-order valence-corrected chi connectivity index (χ4v) is 1.79. The van der Waals surface area contributed by atoms with Gasteiger partial charge in [-0.25, -0.2) is 9.97 Å². The second kappa shape index (κ2) is 7.71. The van der Waals surface area contributed by atoms with Gasteiger partial charge in [0.25, 0.3) is 0 Å². The number of ether oxygens (including phenoxy) is 2. The summed E-state index contributed by atoms with van der Waals surface area (Å²) in [6.07, 6.45) is 3.59. The van der Waals surface area contributed by atoms with Crippen LogP contribution in [0.25, 0.3) is 0 Å². The predicted molar refractivity (Wildman–Crippen MR) is 72.3 cm³/mol. The Bertz CT molecular complexity index is 354. The first-order valence-electron chi connectivity index (χ1n) is 6.09. The van der Waals surface area contributed by atoms with Crippen molar-refractivity contribution in [2.24, 2.45) is 0 Å². The van der Waals surface area contributed by atoms with Crippen molar-refractivity contribution in [3.05, 3.63) is 6.33 Å². The minimum absolute atomic E-state index is 0.216. The van der Waals surface area contributed by atoms with E-state index in [2.05, 4.69) is 27.5 Å². The first-order valence-corrected chi connectivity index (χ1v) is 6.09. The van der Waals surface area contributed by atoms with Crippen LogP contribution < -0.4 is 15.4 Å². The number of nitrogens with one attached hydrogen (secondary N) is 2. The first-order chi connectivity index (χ1) is 8.76. The molecule has 18 heavy (non-hydrogen) atoms. The third-order valence-electron chi connectivity index (χ3n) is 2.59. The second-order valence-electron chi connectivity index (χ2n) is 3.94. The van der Waals surface area contributed by atoms with Gasteiger partial charge in [0.1, 0.15) is 6.33 Å². The van der Waals surface area contributed by atoms with E-state index in [4.69, 9.17) is 9.47 Å². The molecule has 102 valence electrons. The van der Waals surface area contributed by atoms with Gasteiger partial charge in [0.05, 0.1) is 19.8 Å². The summed E-state index contributed by atoms with van der Waals surface area (Å²) in [7, 11) is 5.10. The molecule has 0 fully saturated rings. The fraction of sp³-hybridized carbons (Fsp3) is 0.667. The number of hydrogen-bond acceptors (Lipinski definition) is 6. The lowest BCUT2D eigenvalue weighted by molar-refractivity contribution is 0.182. The Morgan fingerprint density at radius 3 is 2.56 bits per heavy atom. The van der Waals surface area contributed by atoms with Crippen LogP contribution in [0, 0.1) is 0 Å². The molecular formula is C12H22N4O2. The molecule has 0 aliphatic heterocycles. The van der Waals surface area contributed by atoms with Gasteiger partial charge >= 0.3 is 0 Å². The minimum atomic E-state index is 0.216. The molecule has 6 nitrogen and oxygen atoms in total. The fourth-order valence-electron chi connectivity index (χ4n) is 1.79. The van der Waals surface area contributed by atoms with E-state index in [-0.39, 0.29) is 6.04 Å². The average molecular weight is 254 g/mol. The van der Waals surface area contributed by atoms with Crippen molar-refractivity contribution in [3.8, 4) is 5.75 Å². The Morgan fingerprint density at radius 2 is 2.00 bits per heavy atom. The Balaban J connectivity index is 2.87. The zero-order valence-corrected chi connectivity index (χ0v) is 11.5. The molecule has 0 amide bonds. The number of hydrogen-bond donors (Lipinski definition) is 2. The van der Waals surface area contributed by atoms with Crippen molar-refractivity contribution in [2.45, 2.75) is 25.8 Å². The van der Waals surface area contributed by atoms with Crippen molar-refractivity contribution >= 4 is 11.6 Å². The third kappa shape index (κ3) is 3.73. The average Bonchev–Trinajstić information content (AvgIpc) is 2.39. The molecule has 1 unspecified atom stereocenters. The summed E-state index contributed by atoms with van der Waals surface area (Å²) >= 11 is 0. The van der Waals surface area contributed by atoms with Crippen molar-refractivity contribution in [1.82, 2.24) is 9.97 Å². The van der Waals surface area contributed by atoms with E-state index in [1.165, 1.54) is 6.33 Å². The zero-order valence-electron chi connectivity index (χ0n) is 11.5. The Labute approximate surface area is 108 Å². The van der Waals surface area contributed by atoms with Gasteiger partial charge in [-0.3, -0.25) is 0 Å². The highest BCUT2D eigenvalue weighted by molar-refractivity contribution is 5.63. The van der Waals surface area contributed by atoms with Crippen LogP contribution in [-0.2, 0) is 4.74 Å². The van der Waals surface area contributed by atoms with Crippen LogP contribution in [0.2, 0.25) is 0 Å². The van der Waals surface area contributed by atoms with Gasteiger partial charge in [-0.1, -0.05) is 13.3 Å². The quantitative estimate of drug-likeness (QED) is 0.736. The molecule has 0 aliphatic rings. The normalized spacial score (nSPS) is 12.0. The van der Waals surface area contributed by atoms with Crippen LogP contribution in [0.4, 0.5) is 11.6 Å². The standard InChI is InChI=1S/C12H22N4O2/c1-5-6-9(7-17-3)16-12-10(18-4)11(13-2)14-8-15-12/h8-9H,5-7H2,1-4H3,(H2,13,14,15,16). The molecule has 0 bridgehead atoms. The van der Waals surface area contributed by atoms with Crippen LogP contribution in [0.3, 0.4) is 0 Å². The molecule has 1 aromatic heterocycles. The molecular weight excluding hydrogens is 232 g/mol. The Morgan fingerprint density at radius 1 is 1.28 bits per heavy atom. The predicted octanol–water partition coefficient (Wildman–Crippen LogP) is 1.75. The highest BCUT2D eigenvalue weighted by Gasteiger charge is 2.15. The maximum absolute atomic E-state index is 5.33. The zero-order chi connectivity index (χ0) is 13.4. The van der Waals surface area contributed by atoms with E-state index in [0.29, 0.717) is 24.0 Å². The molecule has 1 atom stereocenters. The van der Waals surface area contributed by atoms with Gasteiger partial charge in [-0.05, 0) is 6.42 Å². The largest absolute Gasteiger partial charge is 0.490 e. The maximum atomic E-state index is 5.33. The third-order valence-corrected chi connectivity index (χ3v) is 2.59. The summed E-state index contributed by atoms with van der Waals surface area (Å²) in [5.74, 6) is 1.98. The van der Waals surface area contributed by atoms with Gasteiger partial charge < -0.3 is 20.1 Å². The van der Waals surface area contributed by atoms with Gasteiger partial charge in [-0.2, -0.15) is 0 Å². The topological polar surface area (TPSA) is 68.3 Å².